The number of methoxy groups -OCH3 is 3. The molecule has 2 aromatic carbocycles. The average Bonchev–Trinajstić information content (AvgIpc) is 3.05. The van der Waals surface area contributed by atoms with E-state index in [0.29, 0.717) is 34.2 Å². The Morgan fingerprint density at radius 1 is 0.967 bits per heavy atom. The molecule has 0 bridgehead atoms. The SMILES string of the molecule is COc1ccc(OC)c(N2C(=O)c3cccnc3[C@@H]2Nc2cc(C)ccc2OC)c1. The monoisotopic (exact) mass is 405 g/mol. The Morgan fingerprint density at radius 3 is 2.47 bits per heavy atom. The lowest BCUT2D eigenvalue weighted by Crippen LogP contribution is -2.33. The number of anilines is 2. The van der Waals surface area contributed by atoms with Crippen molar-refractivity contribution in [3.8, 4) is 17.2 Å². The van der Waals surface area contributed by atoms with E-state index in [1.54, 1.807) is 62.8 Å². The summed E-state index contributed by atoms with van der Waals surface area (Å²) >= 11 is 0. The smallest absolute Gasteiger partial charge is 0.262 e. The summed E-state index contributed by atoms with van der Waals surface area (Å²) < 4.78 is 16.4. The minimum absolute atomic E-state index is 0.172. The van der Waals surface area contributed by atoms with Crippen molar-refractivity contribution in [1.82, 2.24) is 4.98 Å². The number of carbonyl (C=O) groups excluding carboxylic acids is 1. The third-order valence-electron chi connectivity index (χ3n) is 5.10. The number of amides is 1. The van der Waals surface area contributed by atoms with Crippen LogP contribution in [0.5, 0.6) is 17.2 Å². The largest absolute Gasteiger partial charge is 0.497 e. The van der Waals surface area contributed by atoms with Crippen LogP contribution in [0.4, 0.5) is 11.4 Å². The van der Waals surface area contributed by atoms with Gasteiger partial charge in [-0.3, -0.25) is 14.7 Å². The van der Waals surface area contributed by atoms with E-state index in [9.17, 15) is 4.79 Å². The highest BCUT2D eigenvalue weighted by molar-refractivity contribution is 6.11. The summed E-state index contributed by atoms with van der Waals surface area (Å²) in [5.41, 5.74) is 3.58. The fraction of sp³-hybridized carbons (Fsp3) is 0.217. The first kappa shape index (κ1) is 19.6. The van der Waals surface area contributed by atoms with Gasteiger partial charge in [-0.15, -0.1) is 0 Å². The Balaban J connectivity index is 1.86. The summed E-state index contributed by atoms with van der Waals surface area (Å²) in [5, 5.41) is 3.45. The quantitative estimate of drug-likeness (QED) is 0.663. The van der Waals surface area contributed by atoms with Crippen LogP contribution in [0, 0.1) is 6.92 Å². The number of hydrogen-bond acceptors (Lipinski definition) is 6. The molecular formula is C23H23N3O4. The first-order valence-electron chi connectivity index (χ1n) is 9.49. The van der Waals surface area contributed by atoms with Crippen LogP contribution in [0.3, 0.4) is 0 Å². The number of aromatic nitrogens is 1. The second kappa shape index (κ2) is 7.94. The van der Waals surface area contributed by atoms with Crippen molar-refractivity contribution in [3.05, 3.63) is 71.5 Å². The molecule has 1 aliphatic rings. The molecule has 7 nitrogen and oxygen atoms in total. The van der Waals surface area contributed by atoms with Crippen LogP contribution >= 0.6 is 0 Å². The van der Waals surface area contributed by atoms with Gasteiger partial charge in [0.1, 0.15) is 17.2 Å². The molecule has 1 atom stereocenters. The maximum Gasteiger partial charge on any atom is 0.262 e. The molecule has 1 amide bonds. The van der Waals surface area contributed by atoms with Gasteiger partial charge in [0.25, 0.3) is 5.91 Å². The Bertz CT molecular complexity index is 1100. The Labute approximate surface area is 175 Å². The predicted octanol–water partition coefficient (Wildman–Crippen LogP) is 4.19. The third-order valence-corrected chi connectivity index (χ3v) is 5.10. The lowest BCUT2D eigenvalue weighted by atomic mass is 10.1. The van der Waals surface area contributed by atoms with Gasteiger partial charge in [-0.1, -0.05) is 6.07 Å². The third kappa shape index (κ3) is 3.28. The number of ether oxygens (including phenoxy) is 3. The van der Waals surface area contributed by atoms with Gasteiger partial charge >= 0.3 is 0 Å². The van der Waals surface area contributed by atoms with Crippen molar-refractivity contribution in [2.75, 3.05) is 31.5 Å². The molecule has 1 N–H and O–H groups in total. The molecule has 0 saturated heterocycles. The van der Waals surface area contributed by atoms with Crippen LogP contribution in [-0.4, -0.2) is 32.2 Å². The summed E-state index contributed by atoms with van der Waals surface area (Å²) in [5.74, 6) is 1.68. The Kier molecular flexibility index (Phi) is 5.18. The molecule has 154 valence electrons. The Morgan fingerprint density at radius 2 is 1.73 bits per heavy atom. The second-order valence-corrected chi connectivity index (χ2v) is 6.90. The number of benzene rings is 2. The van der Waals surface area contributed by atoms with Crippen molar-refractivity contribution in [3.63, 3.8) is 0 Å². The highest BCUT2D eigenvalue weighted by Crippen LogP contribution is 2.43. The molecule has 1 aliphatic heterocycles. The number of rotatable bonds is 6. The lowest BCUT2D eigenvalue weighted by molar-refractivity contribution is 0.0992. The van der Waals surface area contributed by atoms with Crippen LogP contribution in [-0.2, 0) is 0 Å². The van der Waals surface area contributed by atoms with E-state index in [4.69, 9.17) is 14.2 Å². The molecule has 0 aliphatic carbocycles. The topological polar surface area (TPSA) is 72.9 Å². The number of fused-ring (bicyclic) bond motifs is 1. The van der Waals surface area contributed by atoms with Crippen molar-refractivity contribution in [1.29, 1.82) is 0 Å². The van der Waals surface area contributed by atoms with Gasteiger partial charge in [0, 0.05) is 12.3 Å². The normalized spacial score (nSPS) is 15.0. The zero-order chi connectivity index (χ0) is 21.3. The zero-order valence-corrected chi connectivity index (χ0v) is 17.3. The maximum absolute atomic E-state index is 13.4. The van der Waals surface area contributed by atoms with E-state index in [-0.39, 0.29) is 5.91 Å². The molecule has 0 saturated carbocycles. The maximum atomic E-state index is 13.4. The van der Waals surface area contributed by atoms with Crippen LogP contribution in [0.1, 0.15) is 27.8 Å². The van der Waals surface area contributed by atoms with E-state index >= 15 is 0 Å². The zero-order valence-electron chi connectivity index (χ0n) is 17.3. The van der Waals surface area contributed by atoms with Crippen LogP contribution in [0.25, 0.3) is 0 Å². The number of nitrogens with one attached hydrogen (secondary N) is 1. The highest BCUT2D eigenvalue weighted by atomic mass is 16.5. The summed E-state index contributed by atoms with van der Waals surface area (Å²) in [6, 6.07) is 14.7. The minimum Gasteiger partial charge on any atom is -0.497 e. The van der Waals surface area contributed by atoms with Crippen molar-refractivity contribution < 1.29 is 19.0 Å². The molecule has 7 heteroatoms. The predicted molar refractivity (Wildman–Crippen MR) is 115 cm³/mol. The molecule has 2 heterocycles. The summed E-state index contributed by atoms with van der Waals surface area (Å²) in [6.07, 6.45) is 1.13. The van der Waals surface area contributed by atoms with Crippen molar-refractivity contribution >= 4 is 17.3 Å². The number of aryl methyl sites for hydroxylation is 1. The van der Waals surface area contributed by atoms with Gasteiger partial charge < -0.3 is 19.5 Å². The van der Waals surface area contributed by atoms with E-state index < -0.39 is 6.17 Å². The van der Waals surface area contributed by atoms with E-state index in [1.165, 1.54) is 0 Å². The minimum atomic E-state index is -0.551. The highest BCUT2D eigenvalue weighted by Gasteiger charge is 2.40. The van der Waals surface area contributed by atoms with Crippen LogP contribution < -0.4 is 24.4 Å². The summed E-state index contributed by atoms with van der Waals surface area (Å²) in [4.78, 5) is 19.5. The first-order chi connectivity index (χ1) is 14.6. The summed E-state index contributed by atoms with van der Waals surface area (Å²) in [7, 11) is 4.77. The van der Waals surface area contributed by atoms with Crippen molar-refractivity contribution in [2.24, 2.45) is 0 Å². The number of carbonyl (C=O) groups is 1. The molecular weight excluding hydrogens is 382 g/mol. The second-order valence-electron chi connectivity index (χ2n) is 6.90. The molecule has 30 heavy (non-hydrogen) atoms. The standard InChI is InChI=1S/C23H23N3O4/c1-14-7-9-19(29-3)17(12-14)25-22-21-16(6-5-11-24-21)23(27)26(22)18-13-15(28-2)8-10-20(18)30-4/h5-13,22,25H,1-4H3/t22-/m1/s1. The molecule has 0 fully saturated rings. The first-order valence-corrected chi connectivity index (χ1v) is 9.49. The van der Waals surface area contributed by atoms with Crippen LogP contribution in [0.2, 0.25) is 0 Å². The van der Waals surface area contributed by atoms with Crippen LogP contribution in [0.15, 0.2) is 54.7 Å². The van der Waals surface area contributed by atoms with Gasteiger partial charge in [0.15, 0.2) is 6.17 Å². The number of pyridine rings is 1. The summed E-state index contributed by atoms with van der Waals surface area (Å²) in [6.45, 7) is 2.00. The molecule has 1 aromatic heterocycles. The lowest BCUT2D eigenvalue weighted by Gasteiger charge is -2.28. The van der Waals surface area contributed by atoms with Gasteiger partial charge in [0.05, 0.1) is 44.0 Å². The molecule has 0 radical (unpaired) electrons. The number of nitrogens with zero attached hydrogens (tertiary/aromatic N) is 2. The van der Waals surface area contributed by atoms with E-state index in [2.05, 4.69) is 10.3 Å². The Hall–Kier alpha value is -3.74. The fourth-order valence-electron chi connectivity index (χ4n) is 3.63. The van der Waals surface area contributed by atoms with E-state index in [0.717, 1.165) is 11.3 Å². The molecule has 3 aromatic rings. The van der Waals surface area contributed by atoms with Gasteiger partial charge in [-0.2, -0.15) is 0 Å². The van der Waals surface area contributed by atoms with Gasteiger partial charge in [-0.05, 0) is 48.9 Å². The van der Waals surface area contributed by atoms with E-state index in [1.807, 2.05) is 25.1 Å². The van der Waals surface area contributed by atoms with Gasteiger partial charge in [0.2, 0.25) is 0 Å². The average molecular weight is 405 g/mol. The number of hydrogen-bond donors (Lipinski definition) is 1. The molecule has 0 spiro atoms. The van der Waals surface area contributed by atoms with Crippen molar-refractivity contribution in [2.45, 2.75) is 13.1 Å². The van der Waals surface area contributed by atoms with Gasteiger partial charge in [-0.25, -0.2) is 0 Å². The molecule has 0 unspecified atom stereocenters. The fourth-order valence-corrected chi connectivity index (χ4v) is 3.63. The molecule has 4 rings (SSSR count).